The number of ether oxygens (including phenoxy) is 1. The Morgan fingerprint density at radius 3 is 2.58 bits per heavy atom. The Morgan fingerprint density at radius 1 is 1.16 bits per heavy atom. The summed E-state index contributed by atoms with van der Waals surface area (Å²) in [6, 6.07) is 0.479. The van der Waals surface area contributed by atoms with Crippen molar-refractivity contribution in [1.82, 2.24) is 10.2 Å². The Hall–Kier alpha value is -0.610. The molecular weight excluding hydrogens is 240 g/mol. The number of amides is 1. The van der Waals surface area contributed by atoms with Crippen molar-refractivity contribution in [3.63, 3.8) is 0 Å². The Kier molecular flexibility index (Phi) is 4.38. The molecule has 1 saturated heterocycles. The first kappa shape index (κ1) is 13.4. The molecule has 1 unspecified atom stereocenters. The zero-order valence-electron chi connectivity index (χ0n) is 11.8. The number of hydrogen-bond acceptors (Lipinski definition) is 3. The van der Waals surface area contributed by atoms with Crippen molar-refractivity contribution in [1.29, 1.82) is 0 Å². The van der Waals surface area contributed by atoms with Crippen LogP contribution in [0.4, 0.5) is 0 Å². The molecule has 1 aliphatic heterocycles. The van der Waals surface area contributed by atoms with Crippen molar-refractivity contribution >= 4 is 5.91 Å². The number of rotatable bonds is 4. The van der Waals surface area contributed by atoms with E-state index >= 15 is 0 Å². The molecule has 2 aliphatic carbocycles. The largest absolute Gasteiger partial charge is 0.366 e. The normalized spacial score (nSPS) is 29.2. The third-order valence-electron chi connectivity index (χ3n) is 4.65. The summed E-state index contributed by atoms with van der Waals surface area (Å²) in [6.07, 6.45) is 8.65. The monoisotopic (exact) mass is 266 g/mol. The number of morpholine rings is 1. The predicted octanol–water partition coefficient (Wildman–Crippen LogP) is 1.55. The van der Waals surface area contributed by atoms with E-state index in [2.05, 4.69) is 10.2 Å². The Labute approximate surface area is 115 Å². The van der Waals surface area contributed by atoms with Crippen molar-refractivity contribution in [2.75, 3.05) is 26.2 Å². The van der Waals surface area contributed by atoms with Crippen molar-refractivity contribution in [3.8, 4) is 0 Å². The van der Waals surface area contributed by atoms with Crippen molar-refractivity contribution < 1.29 is 9.53 Å². The average Bonchev–Trinajstić information content (AvgIpc) is 3.30. The van der Waals surface area contributed by atoms with Gasteiger partial charge >= 0.3 is 0 Å². The maximum atomic E-state index is 12.7. The van der Waals surface area contributed by atoms with Gasteiger partial charge in [-0.05, 0) is 31.6 Å². The van der Waals surface area contributed by atoms with E-state index in [1.54, 1.807) is 0 Å². The van der Waals surface area contributed by atoms with Crippen LogP contribution in [0.2, 0.25) is 0 Å². The van der Waals surface area contributed by atoms with Crippen LogP contribution in [0.15, 0.2) is 0 Å². The molecular formula is C15H26N2O2. The number of carbonyl (C=O) groups is 1. The van der Waals surface area contributed by atoms with Crippen LogP contribution in [0.5, 0.6) is 0 Å². The minimum absolute atomic E-state index is 0.241. The second-order valence-electron chi connectivity index (χ2n) is 6.29. The van der Waals surface area contributed by atoms with Crippen LogP contribution in [-0.2, 0) is 9.53 Å². The van der Waals surface area contributed by atoms with E-state index in [1.807, 2.05) is 0 Å². The standard InChI is InChI=1S/C15H26N2O2/c18-15(14-10-16-8-9-19-14)17(11-12-6-7-12)13-4-2-1-3-5-13/h12-14,16H,1-11H2. The molecule has 1 atom stereocenters. The van der Waals surface area contributed by atoms with Crippen LogP contribution < -0.4 is 5.32 Å². The van der Waals surface area contributed by atoms with Gasteiger partial charge in [0, 0.05) is 25.7 Å². The van der Waals surface area contributed by atoms with Crippen molar-refractivity contribution in [3.05, 3.63) is 0 Å². The van der Waals surface area contributed by atoms with Gasteiger partial charge in [0.15, 0.2) is 0 Å². The third kappa shape index (κ3) is 3.48. The minimum atomic E-state index is -0.241. The molecule has 2 saturated carbocycles. The van der Waals surface area contributed by atoms with E-state index in [0.29, 0.717) is 19.2 Å². The zero-order chi connectivity index (χ0) is 13.1. The lowest BCUT2D eigenvalue weighted by Gasteiger charge is -2.37. The maximum absolute atomic E-state index is 12.7. The highest BCUT2D eigenvalue weighted by molar-refractivity contribution is 5.81. The summed E-state index contributed by atoms with van der Waals surface area (Å²) in [5, 5.41) is 3.27. The van der Waals surface area contributed by atoms with Crippen molar-refractivity contribution in [2.24, 2.45) is 5.92 Å². The molecule has 0 aromatic carbocycles. The van der Waals surface area contributed by atoms with Crippen molar-refractivity contribution in [2.45, 2.75) is 57.1 Å². The summed E-state index contributed by atoms with van der Waals surface area (Å²) < 4.78 is 5.66. The van der Waals surface area contributed by atoms with Gasteiger partial charge in [-0.3, -0.25) is 4.79 Å². The first-order valence-electron chi connectivity index (χ1n) is 7.97. The number of nitrogens with zero attached hydrogens (tertiary/aromatic N) is 1. The number of hydrogen-bond donors (Lipinski definition) is 1. The molecule has 108 valence electrons. The van der Waals surface area contributed by atoms with Gasteiger partial charge in [-0.25, -0.2) is 0 Å². The Balaban J connectivity index is 1.63. The van der Waals surface area contributed by atoms with Gasteiger partial charge in [-0.1, -0.05) is 19.3 Å². The zero-order valence-corrected chi connectivity index (χ0v) is 11.8. The summed E-state index contributed by atoms with van der Waals surface area (Å²) in [4.78, 5) is 14.9. The van der Waals surface area contributed by atoms with Gasteiger partial charge in [-0.15, -0.1) is 0 Å². The second kappa shape index (κ2) is 6.23. The van der Waals surface area contributed by atoms with Crippen LogP contribution in [-0.4, -0.2) is 49.2 Å². The van der Waals surface area contributed by atoms with Gasteiger partial charge < -0.3 is 15.0 Å². The van der Waals surface area contributed by atoms with Crippen LogP contribution in [0.25, 0.3) is 0 Å². The van der Waals surface area contributed by atoms with E-state index in [9.17, 15) is 4.79 Å². The van der Waals surface area contributed by atoms with Gasteiger partial charge in [0.2, 0.25) is 0 Å². The van der Waals surface area contributed by atoms with Gasteiger partial charge in [-0.2, -0.15) is 0 Å². The molecule has 0 radical (unpaired) electrons. The summed E-state index contributed by atoms with van der Waals surface area (Å²) in [5.41, 5.74) is 0. The first-order chi connectivity index (χ1) is 9.34. The third-order valence-corrected chi connectivity index (χ3v) is 4.65. The van der Waals surface area contributed by atoms with E-state index < -0.39 is 0 Å². The smallest absolute Gasteiger partial charge is 0.253 e. The highest BCUT2D eigenvalue weighted by Gasteiger charge is 2.35. The lowest BCUT2D eigenvalue weighted by molar-refractivity contribution is -0.148. The fraction of sp³-hybridized carbons (Fsp3) is 0.933. The first-order valence-corrected chi connectivity index (χ1v) is 7.97. The van der Waals surface area contributed by atoms with Gasteiger partial charge in [0.05, 0.1) is 6.61 Å². The topological polar surface area (TPSA) is 41.6 Å². The minimum Gasteiger partial charge on any atom is -0.366 e. The van der Waals surface area contributed by atoms with Crippen LogP contribution in [0.3, 0.4) is 0 Å². The summed E-state index contributed by atoms with van der Waals surface area (Å²) in [7, 11) is 0. The molecule has 0 bridgehead atoms. The quantitative estimate of drug-likeness (QED) is 0.839. The Bertz CT molecular complexity index is 305. The summed E-state index contributed by atoms with van der Waals surface area (Å²) >= 11 is 0. The number of nitrogens with one attached hydrogen (secondary N) is 1. The van der Waals surface area contributed by atoms with E-state index in [0.717, 1.165) is 19.0 Å². The van der Waals surface area contributed by atoms with E-state index in [1.165, 1.54) is 44.9 Å². The molecule has 0 spiro atoms. The van der Waals surface area contributed by atoms with Crippen LogP contribution in [0, 0.1) is 5.92 Å². The Morgan fingerprint density at radius 2 is 1.95 bits per heavy atom. The van der Waals surface area contributed by atoms with Crippen LogP contribution >= 0.6 is 0 Å². The van der Waals surface area contributed by atoms with Gasteiger partial charge in [0.25, 0.3) is 5.91 Å². The fourth-order valence-corrected chi connectivity index (χ4v) is 3.30. The van der Waals surface area contributed by atoms with E-state index in [4.69, 9.17) is 4.74 Å². The number of carbonyl (C=O) groups excluding carboxylic acids is 1. The predicted molar refractivity (Wildman–Crippen MR) is 73.9 cm³/mol. The molecule has 1 amide bonds. The molecule has 3 aliphatic rings. The summed E-state index contributed by atoms with van der Waals surface area (Å²) in [6.45, 7) is 3.20. The molecule has 4 heteroatoms. The molecule has 0 aromatic heterocycles. The average molecular weight is 266 g/mol. The molecule has 3 fully saturated rings. The molecule has 1 heterocycles. The SMILES string of the molecule is O=C(C1CNCCO1)N(CC1CC1)C1CCCCC1. The van der Waals surface area contributed by atoms with E-state index in [-0.39, 0.29) is 12.0 Å². The maximum Gasteiger partial charge on any atom is 0.253 e. The fourth-order valence-electron chi connectivity index (χ4n) is 3.30. The molecule has 0 aromatic rings. The highest BCUT2D eigenvalue weighted by Crippen LogP contribution is 2.33. The van der Waals surface area contributed by atoms with Crippen LogP contribution in [0.1, 0.15) is 44.9 Å². The molecule has 1 N–H and O–H groups in total. The lowest BCUT2D eigenvalue weighted by atomic mass is 9.93. The van der Waals surface area contributed by atoms with Gasteiger partial charge in [0.1, 0.15) is 6.10 Å². The molecule has 4 nitrogen and oxygen atoms in total. The molecule has 3 rings (SSSR count). The summed E-state index contributed by atoms with van der Waals surface area (Å²) in [5.74, 6) is 1.01. The lowest BCUT2D eigenvalue weighted by Crippen LogP contribution is -2.53. The second-order valence-corrected chi connectivity index (χ2v) is 6.29. The molecule has 19 heavy (non-hydrogen) atoms. The highest BCUT2D eigenvalue weighted by atomic mass is 16.5.